The van der Waals surface area contributed by atoms with Gasteiger partial charge in [0.15, 0.2) is 16.7 Å². The van der Waals surface area contributed by atoms with Gasteiger partial charge in [0.05, 0.1) is 20.4 Å². The molecule has 0 aliphatic rings. The van der Waals surface area contributed by atoms with Crippen LogP contribution in [0.5, 0.6) is 11.5 Å². The van der Waals surface area contributed by atoms with Gasteiger partial charge in [-0.2, -0.15) is 5.10 Å². The summed E-state index contributed by atoms with van der Waals surface area (Å²) in [5.41, 5.74) is 7.82. The standard InChI is InChI=1S/C17H19N3O2S/c1-21-15-10-6-9-14(16(15)22-2)11-19-20-17(18)23-12-13-7-4-3-5-8-13/h3-11H,12H2,1-2H3,(H2,18,20). The Morgan fingerprint density at radius 2 is 1.87 bits per heavy atom. The number of hydrogen-bond acceptors (Lipinski definition) is 5. The number of para-hydroxylation sites is 1. The van der Waals surface area contributed by atoms with E-state index in [9.17, 15) is 0 Å². The van der Waals surface area contributed by atoms with E-state index in [2.05, 4.69) is 10.2 Å². The zero-order chi connectivity index (χ0) is 16.5. The summed E-state index contributed by atoms with van der Waals surface area (Å²) in [4.78, 5) is 0. The Kier molecular flexibility index (Phi) is 6.50. The molecule has 0 aliphatic carbocycles. The number of nitrogens with two attached hydrogens (primary N) is 1. The van der Waals surface area contributed by atoms with Gasteiger partial charge in [-0.1, -0.05) is 48.2 Å². The first-order chi connectivity index (χ1) is 11.2. The molecule has 0 spiro atoms. The van der Waals surface area contributed by atoms with Crippen molar-refractivity contribution in [3.05, 3.63) is 59.7 Å². The number of rotatable bonds is 6. The fourth-order valence-corrected chi connectivity index (χ4v) is 2.53. The van der Waals surface area contributed by atoms with Crippen LogP contribution < -0.4 is 15.2 Å². The normalized spacial score (nSPS) is 11.7. The van der Waals surface area contributed by atoms with E-state index in [4.69, 9.17) is 15.2 Å². The van der Waals surface area contributed by atoms with Gasteiger partial charge in [-0.05, 0) is 17.7 Å². The summed E-state index contributed by atoms with van der Waals surface area (Å²) in [6, 6.07) is 15.6. The first kappa shape index (κ1) is 16.9. The number of amidine groups is 1. The molecule has 2 aromatic rings. The van der Waals surface area contributed by atoms with E-state index in [-0.39, 0.29) is 0 Å². The largest absolute Gasteiger partial charge is 0.493 e. The van der Waals surface area contributed by atoms with Gasteiger partial charge < -0.3 is 15.2 Å². The second-order valence-electron chi connectivity index (χ2n) is 4.54. The second-order valence-corrected chi connectivity index (χ2v) is 5.54. The van der Waals surface area contributed by atoms with E-state index in [0.717, 1.165) is 11.3 Å². The van der Waals surface area contributed by atoms with Crippen LogP contribution in [0.25, 0.3) is 0 Å². The van der Waals surface area contributed by atoms with Gasteiger partial charge in [0.25, 0.3) is 0 Å². The molecule has 0 aromatic heterocycles. The molecule has 0 atom stereocenters. The van der Waals surface area contributed by atoms with Crippen LogP contribution >= 0.6 is 11.8 Å². The van der Waals surface area contributed by atoms with Crippen LogP contribution in [-0.4, -0.2) is 25.6 Å². The van der Waals surface area contributed by atoms with E-state index in [1.54, 1.807) is 20.4 Å². The summed E-state index contributed by atoms with van der Waals surface area (Å²) in [5.74, 6) is 2.02. The highest BCUT2D eigenvalue weighted by atomic mass is 32.2. The van der Waals surface area contributed by atoms with Gasteiger partial charge in [-0.15, -0.1) is 5.10 Å². The predicted molar refractivity (Wildman–Crippen MR) is 96.5 cm³/mol. The molecule has 120 valence electrons. The smallest absolute Gasteiger partial charge is 0.180 e. The van der Waals surface area contributed by atoms with Crippen molar-refractivity contribution in [2.75, 3.05) is 14.2 Å². The maximum Gasteiger partial charge on any atom is 0.180 e. The first-order valence-electron chi connectivity index (χ1n) is 6.98. The minimum absolute atomic E-state index is 0.409. The number of thioether (sulfide) groups is 1. The van der Waals surface area contributed by atoms with Gasteiger partial charge in [0.2, 0.25) is 0 Å². The Balaban J connectivity index is 2.00. The van der Waals surface area contributed by atoms with E-state index >= 15 is 0 Å². The second kappa shape index (κ2) is 8.85. The topological polar surface area (TPSA) is 69.2 Å². The van der Waals surface area contributed by atoms with Crippen molar-refractivity contribution in [1.29, 1.82) is 0 Å². The first-order valence-corrected chi connectivity index (χ1v) is 7.97. The van der Waals surface area contributed by atoms with Gasteiger partial charge in [-0.25, -0.2) is 0 Å². The molecule has 0 unspecified atom stereocenters. The molecule has 0 saturated carbocycles. The summed E-state index contributed by atoms with van der Waals surface area (Å²) in [6.07, 6.45) is 1.59. The van der Waals surface area contributed by atoms with Crippen LogP contribution in [0.4, 0.5) is 0 Å². The maximum absolute atomic E-state index is 5.86. The van der Waals surface area contributed by atoms with Crippen LogP contribution in [-0.2, 0) is 5.75 Å². The van der Waals surface area contributed by atoms with Crippen LogP contribution in [0.2, 0.25) is 0 Å². The van der Waals surface area contributed by atoms with Gasteiger partial charge in [0, 0.05) is 11.3 Å². The van der Waals surface area contributed by atoms with Crippen LogP contribution in [0, 0.1) is 0 Å². The number of nitrogens with zero attached hydrogens (tertiary/aromatic N) is 2. The number of hydrogen-bond donors (Lipinski definition) is 1. The molecule has 2 N–H and O–H groups in total. The average molecular weight is 329 g/mol. The molecule has 0 aliphatic heterocycles. The Bertz CT molecular complexity index is 687. The minimum atomic E-state index is 0.409. The zero-order valence-corrected chi connectivity index (χ0v) is 13.9. The maximum atomic E-state index is 5.86. The highest BCUT2D eigenvalue weighted by Crippen LogP contribution is 2.29. The lowest BCUT2D eigenvalue weighted by Crippen LogP contribution is -2.06. The van der Waals surface area contributed by atoms with Crippen molar-refractivity contribution >= 4 is 23.1 Å². The Labute approximate surface area is 140 Å². The van der Waals surface area contributed by atoms with E-state index in [0.29, 0.717) is 16.7 Å². The summed E-state index contributed by atoms with van der Waals surface area (Å²) in [5, 5.41) is 8.42. The molecule has 0 fully saturated rings. The Morgan fingerprint density at radius 3 is 2.57 bits per heavy atom. The molecule has 0 amide bonds. The minimum Gasteiger partial charge on any atom is -0.493 e. The number of methoxy groups -OCH3 is 2. The molecule has 0 radical (unpaired) electrons. The molecule has 5 nitrogen and oxygen atoms in total. The quantitative estimate of drug-likeness (QED) is 0.501. The molecule has 2 rings (SSSR count). The van der Waals surface area contributed by atoms with Gasteiger partial charge >= 0.3 is 0 Å². The highest BCUT2D eigenvalue weighted by molar-refractivity contribution is 8.13. The highest BCUT2D eigenvalue weighted by Gasteiger charge is 2.07. The SMILES string of the molecule is COc1cccc(C=NN=C(N)SCc2ccccc2)c1OC. The molecule has 0 bridgehead atoms. The van der Waals surface area contributed by atoms with Crippen molar-refractivity contribution in [3.63, 3.8) is 0 Å². The fourth-order valence-electron chi connectivity index (χ4n) is 1.92. The van der Waals surface area contributed by atoms with Crippen molar-refractivity contribution in [2.24, 2.45) is 15.9 Å². The summed E-state index contributed by atoms with van der Waals surface area (Å²) in [6.45, 7) is 0. The lowest BCUT2D eigenvalue weighted by Gasteiger charge is -2.09. The monoisotopic (exact) mass is 329 g/mol. The Hall–Kier alpha value is -2.47. The lowest BCUT2D eigenvalue weighted by molar-refractivity contribution is 0.354. The molecular formula is C17H19N3O2S. The molecule has 2 aromatic carbocycles. The van der Waals surface area contributed by atoms with E-state index < -0.39 is 0 Å². The summed E-state index contributed by atoms with van der Waals surface area (Å²) < 4.78 is 10.6. The molecule has 23 heavy (non-hydrogen) atoms. The molecule has 0 saturated heterocycles. The summed E-state index contributed by atoms with van der Waals surface area (Å²) in [7, 11) is 3.18. The predicted octanol–water partition coefficient (Wildman–Crippen LogP) is 3.29. The van der Waals surface area contributed by atoms with Crippen molar-refractivity contribution in [3.8, 4) is 11.5 Å². The van der Waals surface area contributed by atoms with Crippen molar-refractivity contribution < 1.29 is 9.47 Å². The number of benzene rings is 2. The van der Waals surface area contributed by atoms with E-state index in [1.165, 1.54) is 17.3 Å². The lowest BCUT2D eigenvalue weighted by atomic mass is 10.2. The zero-order valence-electron chi connectivity index (χ0n) is 13.1. The molecule has 0 heterocycles. The third kappa shape index (κ3) is 5.03. The van der Waals surface area contributed by atoms with E-state index in [1.807, 2.05) is 48.5 Å². The van der Waals surface area contributed by atoms with Crippen LogP contribution in [0.3, 0.4) is 0 Å². The Morgan fingerprint density at radius 1 is 1.09 bits per heavy atom. The average Bonchev–Trinajstić information content (AvgIpc) is 2.60. The van der Waals surface area contributed by atoms with Crippen molar-refractivity contribution in [1.82, 2.24) is 0 Å². The van der Waals surface area contributed by atoms with Gasteiger partial charge in [-0.3, -0.25) is 0 Å². The van der Waals surface area contributed by atoms with Crippen LogP contribution in [0.1, 0.15) is 11.1 Å². The van der Waals surface area contributed by atoms with Gasteiger partial charge in [0.1, 0.15) is 0 Å². The van der Waals surface area contributed by atoms with Crippen molar-refractivity contribution in [2.45, 2.75) is 5.75 Å². The molecule has 6 heteroatoms. The number of ether oxygens (including phenoxy) is 2. The van der Waals surface area contributed by atoms with Crippen LogP contribution in [0.15, 0.2) is 58.7 Å². The third-order valence-electron chi connectivity index (χ3n) is 3.02. The molecular weight excluding hydrogens is 310 g/mol. The third-order valence-corrected chi connectivity index (χ3v) is 3.87. The summed E-state index contributed by atoms with van der Waals surface area (Å²) >= 11 is 1.44. The fraction of sp³-hybridized carbons (Fsp3) is 0.176.